The fraction of sp³-hybridized carbons (Fsp3) is 0. The molecule has 0 spiro atoms. The Balaban J connectivity index is 3.28. The number of hydrogen-bond donors (Lipinski definition) is 0. The monoisotopic (exact) mass is 160 g/mol. The molecule has 1 aromatic rings. The molecule has 0 aromatic heterocycles. The summed E-state index contributed by atoms with van der Waals surface area (Å²) in [5, 5.41) is 0.577. The molecule has 0 radical (unpaired) electrons. The molecule has 0 fully saturated rings. The molecule has 0 aliphatic rings. The van der Waals surface area contributed by atoms with Crippen LogP contribution in [0.25, 0.3) is 0 Å². The van der Waals surface area contributed by atoms with Crippen LogP contribution in [0.3, 0.4) is 0 Å². The van der Waals surface area contributed by atoms with Gasteiger partial charge in [0.15, 0.2) is 0 Å². The lowest BCUT2D eigenvalue weighted by molar-refractivity contribution is 1.60. The van der Waals surface area contributed by atoms with Crippen molar-refractivity contribution in [1.29, 1.82) is 0 Å². The molecule has 1 rings (SSSR count). The second kappa shape index (κ2) is 3.15. The molecule has 1 heteroatoms. The van der Waals surface area contributed by atoms with Crippen molar-refractivity contribution >= 4 is 11.6 Å². The van der Waals surface area contributed by atoms with Crippen LogP contribution in [0.1, 0.15) is 11.1 Å². The van der Waals surface area contributed by atoms with Gasteiger partial charge in [-0.05, 0) is 18.2 Å². The maximum Gasteiger partial charge on any atom is 0.0430 e. The highest BCUT2D eigenvalue weighted by Crippen LogP contribution is 2.13. The number of halogens is 1. The van der Waals surface area contributed by atoms with Gasteiger partial charge in [0.1, 0.15) is 0 Å². The van der Waals surface area contributed by atoms with E-state index in [1.165, 1.54) is 0 Å². The van der Waals surface area contributed by atoms with Gasteiger partial charge in [-0.25, -0.2) is 0 Å². The van der Waals surface area contributed by atoms with Crippen LogP contribution >= 0.6 is 11.6 Å². The summed E-state index contributed by atoms with van der Waals surface area (Å²) in [5.41, 5.74) is 1.43. The van der Waals surface area contributed by atoms with Gasteiger partial charge in [0.2, 0.25) is 0 Å². The van der Waals surface area contributed by atoms with Gasteiger partial charge in [0.25, 0.3) is 0 Å². The first-order chi connectivity index (χ1) is 5.26. The van der Waals surface area contributed by atoms with E-state index in [1.807, 2.05) is 0 Å². The zero-order chi connectivity index (χ0) is 8.27. The van der Waals surface area contributed by atoms with Crippen molar-refractivity contribution in [2.24, 2.45) is 0 Å². The Bertz CT molecular complexity index is 318. The summed E-state index contributed by atoms with van der Waals surface area (Å²) in [6.07, 6.45) is 10.3. The molecular formula is C10H5Cl. The second-order valence-electron chi connectivity index (χ2n) is 2.02. The third kappa shape index (κ3) is 1.77. The fourth-order valence-electron chi connectivity index (χ4n) is 0.756. The topological polar surface area (TPSA) is 0 Å². The van der Waals surface area contributed by atoms with Gasteiger partial charge in [-0.2, -0.15) is 0 Å². The number of rotatable bonds is 0. The van der Waals surface area contributed by atoms with Gasteiger partial charge >= 0.3 is 0 Å². The standard InChI is InChI=1S/C10H5Cl/c1-3-8-5-9(4-2)7-10(11)6-8/h1-2,5-7H. The zero-order valence-electron chi connectivity index (χ0n) is 5.76. The molecule has 0 amide bonds. The normalized spacial score (nSPS) is 8.27. The highest BCUT2D eigenvalue weighted by atomic mass is 35.5. The first kappa shape index (κ1) is 7.73. The average Bonchev–Trinajstić information content (AvgIpc) is 2.03. The van der Waals surface area contributed by atoms with Crippen molar-refractivity contribution in [2.45, 2.75) is 0 Å². The average molecular weight is 161 g/mol. The Morgan fingerprint density at radius 2 is 1.45 bits per heavy atom. The van der Waals surface area contributed by atoms with Gasteiger partial charge < -0.3 is 0 Å². The molecule has 0 aliphatic heterocycles. The molecular weight excluding hydrogens is 156 g/mol. The molecule has 0 saturated heterocycles. The van der Waals surface area contributed by atoms with E-state index < -0.39 is 0 Å². The Morgan fingerprint density at radius 3 is 1.82 bits per heavy atom. The van der Waals surface area contributed by atoms with E-state index in [9.17, 15) is 0 Å². The van der Waals surface area contributed by atoms with Crippen LogP contribution in [-0.2, 0) is 0 Å². The number of terminal acetylenes is 2. The van der Waals surface area contributed by atoms with E-state index in [2.05, 4.69) is 11.8 Å². The predicted molar refractivity (Wildman–Crippen MR) is 47.3 cm³/mol. The van der Waals surface area contributed by atoms with Crippen molar-refractivity contribution < 1.29 is 0 Å². The minimum Gasteiger partial charge on any atom is -0.115 e. The van der Waals surface area contributed by atoms with Gasteiger partial charge in [-0.3, -0.25) is 0 Å². The largest absolute Gasteiger partial charge is 0.115 e. The summed E-state index contributed by atoms with van der Waals surface area (Å²) in [6, 6.07) is 5.14. The molecule has 0 atom stereocenters. The Morgan fingerprint density at radius 1 is 1.00 bits per heavy atom. The third-order valence-corrected chi connectivity index (χ3v) is 1.45. The zero-order valence-corrected chi connectivity index (χ0v) is 6.52. The highest BCUT2D eigenvalue weighted by molar-refractivity contribution is 6.30. The van der Waals surface area contributed by atoms with Crippen molar-refractivity contribution in [3.8, 4) is 24.7 Å². The Hall–Kier alpha value is -1.37. The third-order valence-electron chi connectivity index (χ3n) is 1.23. The van der Waals surface area contributed by atoms with Gasteiger partial charge in [0, 0.05) is 16.1 Å². The van der Waals surface area contributed by atoms with Crippen molar-refractivity contribution in [1.82, 2.24) is 0 Å². The molecule has 0 N–H and O–H groups in total. The van der Waals surface area contributed by atoms with Crippen LogP contribution in [0.4, 0.5) is 0 Å². The predicted octanol–water partition coefficient (Wildman–Crippen LogP) is 2.30. The summed E-state index contributed by atoms with van der Waals surface area (Å²) < 4.78 is 0. The second-order valence-corrected chi connectivity index (χ2v) is 2.45. The molecule has 0 nitrogen and oxygen atoms in total. The van der Waals surface area contributed by atoms with E-state index in [4.69, 9.17) is 24.4 Å². The molecule has 52 valence electrons. The van der Waals surface area contributed by atoms with Crippen LogP contribution in [-0.4, -0.2) is 0 Å². The van der Waals surface area contributed by atoms with Crippen LogP contribution in [0.15, 0.2) is 18.2 Å². The molecule has 0 unspecified atom stereocenters. The molecule has 0 aliphatic carbocycles. The summed E-state index contributed by atoms with van der Waals surface area (Å²) in [5.74, 6) is 4.92. The van der Waals surface area contributed by atoms with E-state index in [0.717, 1.165) is 0 Å². The van der Waals surface area contributed by atoms with Crippen LogP contribution in [0.2, 0.25) is 5.02 Å². The minimum atomic E-state index is 0.577. The van der Waals surface area contributed by atoms with E-state index in [0.29, 0.717) is 16.1 Å². The lowest BCUT2D eigenvalue weighted by Crippen LogP contribution is -1.78. The van der Waals surface area contributed by atoms with Gasteiger partial charge in [0.05, 0.1) is 0 Å². The first-order valence-electron chi connectivity index (χ1n) is 3.00. The quantitative estimate of drug-likeness (QED) is 0.511. The molecule has 0 heterocycles. The fourth-order valence-corrected chi connectivity index (χ4v) is 0.991. The van der Waals surface area contributed by atoms with E-state index in [1.54, 1.807) is 18.2 Å². The van der Waals surface area contributed by atoms with Crippen LogP contribution in [0.5, 0.6) is 0 Å². The smallest absolute Gasteiger partial charge is 0.0430 e. The van der Waals surface area contributed by atoms with Crippen molar-refractivity contribution in [3.63, 3.8) is 0 Å². The minimum absolute atomic E-state index is 0.577. The summed E-state index contributed by atoms with van der Waals surface area (Å²) in [7, 11) is 0. The maximum absolute atomic E-state index is 5.72. The summed E-state index contributed by atoms with van der Waals surface area (Å²) >= 11 is 5.72. The molecule has 0 bridgehead atoms. The lowest BCUT2D eigenvalue weighted by atomic mass is 10.1. The Kier molecular flexibility index (Phi) is 2.21. The number of hydrogen-bond acceptors (Lipinski definition) is 0. The van der Waals surface area contributed by atoms with Gasteiger partial charge in [-0.15, -0.1) is 12.8 Å². The molecule has 0 saturated carbocycles. The first-order valence-corrected chi connectivity index (χ1v) is 3.38. The maximum atomic E-state index is 5.72. The van der Waals surface area contributed by atoms with E-state index in [-0.39, 0.29) is 0 Å². The van der Waals surface area contributed by atoms with Gasteiger partial charge in [-0.1, -0.05) is 23.4 Å². The van der Waals surface area contributed by atoms with Crippen molar-refractivity contribution in [2.75, 3.05) is 0 Å². The molecule has 11 heavy (non-hydrogen) atoms. The summed E-state index contributed by atoms with van der Waals surface area (Å²) in [4.78, 5) is 0. The van der Waals surface area contributed by atoms with Crippen LogP contribution < -0.4 is 0 Å². The number of benzene rings is 1. The van der Waals surface area contributed by atoms with E-state index >= 15 is 0 Å². The highest BCUT2D eigenvalue weighted by Gasteiger charge is 1.93. The van der Waals surface area contributed by atoms with Crippen molar-refractivity contribution in [3.05, 3.63) is 34.3 Å². The lowest BCUT2D eigenvalue weighted by Gasteiger charge is -1.94. The Labute approximate surface area is 71.2 Å². The molecule has 1 aromatic carbocycles. The van der Waals surface area contributed by atoms with Crippen LogP contribution in [0, 0.1) is 24.7 Å². The summed E-state index contributed by atoms with van der Waals surface area (Å²) in [6.45, 7) is 0. The SMILES string of the molecule is C#Cc1cc(Cl)cc(C#C)c1.